The molecule has 122 valence electrons. The van der Waals surface area contributed by atoms with Crippen LogP contribution in [0.15, 0.2) is 35.9 Å². The largest absolute Gasteiger partial charge is 0.348 e. The van der Waals surface area contributed by atoms with Gasteiger partial charge in [-0.25, -0.2) is 4.79 Å². The third-order valence-corrected chi connectivity index (χ3v) is 4.13. The summed E-state index contributed by atoms with van der Waals surface area (Å²) in [4.78, 5) is 25.9. The maximum absolute atomic E-state index is 12.3. The topological polar surface area (TPSA) is 73.5 Å². The van der Waals surface area contributed by atoms with E-state index in [1.165, 1.54) is 5.57 Å². The van der Waals surface area contributed by atoms with E-state index in [-0.39, 0.29) is 11.9 Å². The number of nitrogens with zero attached hydrogens (tertiary/aromatic N) is 1. The molecule has 0 unspecified atom stereocenters. The Morgan fingerprint density at radius 1 is 1.30 bits per heavy atom. The molecular weight excluding hydrogens is 292 g/mol. The van der Waals surface area contributed by atoms with Gasteiger partial charge in [-0.05, 0) is 37.6 Å². The van der Waals surface area contributed by atoms with Crippen molar-refractivity contribution in [2.45, 2.75) is 12.8 Å². The first-order valence-electron chi connectivity index (χ1n) is 8.06. The Balaban J connectivity index is 1.65. The second kappa shape index (κ2) is 7.28. The molecule has 2 aliphatic rings. The molecule has 6 heteroatoms. The fraction of sp³-hybridized carbons (Fsp3) is 0.412. The minimum atomic E-state index is -0.108. The smallest absolute Gasteiger partial charge is 0.321 e. The van der Waals surface area contributed by atoms with Gasteiger partial charge in [-0.1, -0.05) is 17.7 Å². The molecule has 2 heterocycles. The van der Waals surface area contributed by atoms with Gasteiger partial charge in [-0.3, -0.25) is 9.69 Å². The van der Waals surface area contributed by atoms with Crippen LogP contribution in [0.4, 0.5) is 10.5 Å². The van der Waals surface area contributed by atoms with Crippen molar-refractivity contribution >= 4 is 17.6 Å². The molecule has 0 spiro atoms. The average Bonchev–Trinajstić information content (AvgIpc) is 2.61. The van der Waals surface area contributed by atoms with E-state index in [0.717, 1.165) is 31.6 Å². The van der Waals surface area contributed by atoms with E-state index in [1.807, 2.05) is 12.1 Å². The van der Waals surface area contributed by atoms with Gasteiger partial charge in [0.2, 0.25) is 0 Å². The molecule has 1 aromatic rings. The van der Waals surface area contributed by atoms with Crippen LogP contribution in [0.1, 0.15) is 23.2 Å². The zero-order chi connectivity index (χ0) is 16.1. The summed E-state index contributed by atoms with van der Waals surface area (Å²) in [7, 11) is 0. The van der Waals surface area contributed by atoms with Gasteiger partial charge in [0.25, 0.3) is 5.91 Å². The molecular formula is C17H22N4O2. The predicted octanol–water partition coefficient (Wildman–Crippen LogP) is 1.26. The third-order valence-electron chi connectivity index (χ3n) is 4.13. The van der Waals surface area contributed by atoms with E-state index in [9.17, 15) is 9.59 Å². The van der Waals surface area contributed by atoms with Crippen molar-refractivity contribution in [3.8, 4) is 0 Å². The van der Waals surface area contributed by atoms with Crippen molar-refractivity contribution in [3.05, 3.63) is 41.5 Å². The fourth-order valence-corrected chi connectivity index (χ4v) is 2.82. The van der Waals surface area contributed by atoms with Crippen molar-refractivity contribution in [3.63, 3.8) is 0 Å². The minimum Gasteiger partial charge on any atom is -0.348 e. The number of nitrogens with one attached hydrogen (secondary N) is 3. The normalized spacial score (nSPS) is 18.2. The van der Waals surface area contributed by atoms with Crippen molar-refractivity contribution in [2.24, 2.45) is 0 Å². The lowest BCUT2D eigenvalue weighted by Crippen LogP contribution is -2.46. The number of carbonyl (C=O) groups excluding carboxylic acids is 2. The van der Waals surface area contributed by atoms with Crippen molar-refractivity contribution in [1.82, 2.24) is 16.0 Å². The van der Waals surface area contributed by atoms with Crippen LogP contribution in [0.3, 0.4) is 0 Å². The number of rotatable bonds is 4. The number of carbonyl (C=O) groups is 2. The summed E-state index contributed by atoms with van der Waals surface area (Å²) >= 11 is 0. The summed E-state index contributed by atoms with van der Waals surface area (Å²) in [5, 5.41) is 9.03. The number of urea groups is 1. The monoisotopic (exact) mass is 314 g/mol. The zero-order valence-corrected chi connectivity index (χ0v) is 13.1. The Morgan fingerprint density at radius 2 is 2.22 bits per heavy atom. The lowest BCUT2D eigenvalue weighted by molar-refractivity contribution is 0.0956. The molecule has 3 N–H and O–H groups in total. The van der Waals surface area contributed by atoms with E-state index in [1.54, 1.807) is 17.0 Å². The molecule has 23 heavy (non-hydrogen) atoms. The first kappa shape index (κ1) is 15.6. The summed E-state index contributed by atoms with van der Waals surface area (Å²) < 4.78 is 0. The molecule has 0 aromatic heterocycles. The lowest BCUT2D eigenvalue weighted by Gasteiger charge is -2.27. The molecule has 6 nitrogen and oxygen atoms in total. The van der Waals surface area contributed by atoms with Gasteiger partial charge < -0.3 is 16.0 Å². The molecule has 3 amide bonds. The molecule has 1 saturated heterocycles. The van der Waals surface area contributed by atoms with E-state index in [0.29, 0.717) is 25.2 Å². The molecule has 0 saturated carbocycles. The van der Waals surface area contributed by atoms with Gasteiger partial charge in [0.1, 0.15) is 0 Å². The zero-order valence-electron chi connectivity index (χ0n) is 13.1. The molecule has 0 aliphatic carbocycles. The molecule has 1 aromatic carbocycles. The summed E-state index contributed by atoms with van der Waals surface area (Å²) in [6.07, 6.45) is 4.00. The van der Waals surface area contributed by atoms with Crippen molar-refractivity contribution in [1.29, 1.82) is 0 Å². The Kier molecular flexibility index (Phi) is 4.92. The van der Waals surface area contributed by atoms with Crippen LogP contribution < -0.4 is 20.9 Å². The van der Waals surface area contributed by atoms with E-state index >= 15 is 0 Å². The Labute approximate surface area is 135 Å². The van der Waals surface area contributed by atoms with Crippen LogP contribution in [0, 0.1) is 0 Å². The predicted molar refractivity (Wildman–Crippen MR) is 89.7 cm³/mol. The number of benzene rings is 1. The summed E-state index contributed by atoms with van der Waals surface area (Å²) in [6, 6.07) is 7.12. The Morgan fingerprint density at radius 3 is 3.00 bits per heavy atom. The summed E-state index contributed by atoms with van der Waals surface area (Å²) in [5.41, 5.74) is 2.59. The highest BCUT2D eigenvalue weighted by molar-refractivity contribution is 5.98. The number of hydrogen-bond acceptors (Lipinski definition) is 3. The first-order valence-corrected chi connectivity index (χ1v) is 8.06. The van der Waals surface area contributed by atoms with E-state index < -0.39 is 0 Å². The molecule has 2 aliphatic heterocycles. The van der Waals surface area contributed by atoms with Crippen LogP contribution in [0.5, 0.6) is 0 Å². The molecule has 0 atom stereocenters. The van der Waals surface area contributed by atoms with Crippen LogP contribution in [-0.2, 0) is 0 Å². The highest BCUT2D eigenvalue weighted by atomic mass is 16.2. The molecule has 3 rings (SSSR count). The Bertz CT molecular complexity index is 627. The lowest BCUT2D eigenvalue weighted by atomic mass is 10.1. The first-order chi connectivity index (χ1) is 11.2. The van der Waals surface area contributed by atoms with Gasteiger partial charge in [-0.15, -0.1) is 0 Å². The van der Waals surface area contributed by atoms with Crippen LogP contribution in [0.25, 0.3) is 0 Å². The van der Waals surface area contributed by atoms with Crippen LogP contribution in [0.2, 0.25) is 0 Å². The van der Waals surface area contributed by atoms with Crippen LogP contribution >= 0.6 is 0 Å². The highest BCUT2D eigenvalue weighted by Gasteiger charge is 2.20. The SMILES string of the molecule is O=C(NCC1=CCNCC1)c1cccc(N2CCCNC2=O)c1. The van der Waals surface area contributed by atoms with Gasteiger partial charge in [0, 0.05) is 37.4 Å². The van der Waals surface area contributed by atoms with Crippen molar-refractivity contribution in [2.75, 3.05) is 37.6 Å². The third kappa shape index (κ3) is 3.90. The minimum absolute atomic E-state index is 0.103. The maximum atomic E-state index is 12.3. The summed E-state index contributed by atoms with van der Waals surface area (Å²) in [6.45, 7) is 3.79. The van der Waals surface area contributed by atoms with E-state index in [2.05, 4.69) is 22.0 Å². The maximum Gasteiger partial charge on any atom is 0.321 e. The van der Waals surface area contributed by atoms with E-state index in [4.69, 9.17) is 0 Å². The highest BCUT2D eigenvalue weighted by Crippen LogP contribution is 2.18. The number of anilines is 1. The van der Waals surface area contributed by atoms with Crippen molar-refractivity contribution < 1.29 is 9.59 Å². The Hall–Kier alpha value is -2.34. The molecule has 1 fully saturated rings. The van der Waals surface area contributed by atoms with Gasteiger partial charge in [0.15, 0.2) is 0 Å². The van der Waals surface area contributed by atoms with Crippen LogP contribution in [-0.4, -0.2) is 44.7 Å². The standard InChI is InChI=1S/C17H22N4O2/c22-16(20-12-13-5-8-18-9-6-13)14-3-1-4-15(11-14)21-10-2-7-19-17(21)23/h1,3-5,11,18H,2,6-10,12H2,(H,19,23)(H,20,22). The van der Waals surface area contributed by atoms with Gasteiger partial charge in [-0.2, -0.15) is 0 Å². The average molecular weight is 314 g/mol. The fourth-order valence-electron chi connectivity index (χ4n) is 2.82. The second-order valence-electron chi connectivity index (χ2n) is 5.79. The molecule has 0 bridgehead atoms. The summed E-state index contributed by atoms with van der Waals surface area (Å²) in [5.74, 6) is -0.108. The van der Waals surface area contributed by atoms with Gasteiger partial charge >= 0.3 is 6.03 Å². The number of hydrogen-bond donors (Lipinski definition) is 3. The second-order valence-corrected chi connectivity index (χ2v) is 5.79. The quantitative estimate of drug-likeness (QED) is 0.733. The molecule has 0 radical (unpaired) electrons. The van der Waals surface area contributed by atoms with Gasteiger partial charge in [0.05, 0.1) is 0 Å². The number of amides is 3.